The average molecular weight is 369 g/mol. The summed E-state index contributed by atoms with van der Waals surface area (Å²) in [6, 6.07) is 27.9. The van der Waals surface area contributed by atoms with E-state index in [2.05, 4.69) is 83.4 Å². The maximum absolute atomic E-state index is 3.71. The average Bonchev–Trinajstić information content (AvgIpc) is 2.76. The van der Waals surface area contributed by atoms with Crippen molar-refractivity contribution in [2.24, 2.45) is 0 Å². The van der Waals surface area contributed by atoms with Crippen molar-refractivity contribution in [2.75, 3.05) is 13.1 Å². The number of benzene rings is 3. The molecule has 2 unspecified atom stereocenters. The lowest BCUT2D eigenvalue weighted by Crippen LogP contribution is -2.31. The van der Waals surface area contributed by atoms with Crippen molar-refractivity contribution in [3.05, 3.63) is 106 Å². The third-order valence-corrected chi connectivity index (χ3v) is 6.33. The molecule has 0 radical (unpaired) electrons. The van der Waals surface area contributed by atoms with Crippen molar-refractivity contribution in [2.45, 2.75) is 37.8 Å². The molecule has 2 aliphatic rings. The number of nitrogens with one attached hydrogen (secondary N) is 2. The summed E-state index contributed by atoms with van der Waals surface area (Å²) in [6.07, 6.45) is 4.40. The Morgan fingerprint density at radius 2 is 1.00 bits per heavy atom. The lowest BCUT2D eigenvalue weighted by molar-refractivity contribution is 0.500. The Bertz CT molecular complexity index is 866. The molecule has 0 bridgehead atoms. The van der Waals surface area contributed by atoms with Gasteiger partial charge in [-0.2, -0.15) is 0 Å². The van der Waals surface area contributed by atoms with Crippen LogP contribution in [0.25, 0.3) is 0 Å². The summed E-state index contributed by atoms with van der Waals surface area (Å²) < 4.78 is 0. The number of rotatable bonds is 4. The van der Waals surface area contributed by atoms with Gasteiger partial charge in [-0.3, -0.25) is 0 Å². The Morgan fingerprint density at radius 3 is 1.46 bits per heavy atom. The molecule has 2 atom stereocenters. The largest absolute Gasteiger partial charge is 0.309 e. The molecule has 0 saturated heterocycles. The molecule has 0 aromatic heterocycles. The van der Waals surface area contributed by atoms with E-state index in [1.165, 1.54) is 33.4 Å². The number of fused-ring (bicyclic) bond motifs is 2. The second-order valence-electron chi connectivity index (χ2n) is 8.14. The topological polar surface area (TPSA) is 24.1 Å². The molecule has 0 amide bonds. The van der Waals surface area contributed by atoms with Gasteiger partial charge in [0.1, 0.15) is 0 Å². The summed E-state index contributed by atoms with van der Waals surface area (Å²) in [4.78, 5) is 0. The van der Waals surface area contributed by atoms with E-state index in [1.807, 2.05) is 0 Å². The van der Waals surface area contributed by atoms with E-state index in [1.54, 1.807) is 0 Å². The van der Waals surface area contributed by atoms with Crippen molar-refractivity contribution in [1.82, 2.24) is 10.6 Å². The monoisotopic (exact) mass is 368 g/mol. The van der Waals surface area contributed by atoms with Crippen LogP contribution in [0.1, 0.15) is 45.5 Å². The molecular formula is C26H28N2. The zero-order valence-electron chi connectivity index (χ0n) is 16.3. The van der Waals surface area contributed by atoms with Crippen molar-refractivity contribution < 1.29 is 0 Å². The van der Waals surface area contributed by atoms with E-state index in [-0.39, 0.29) is 0 Å². The number of hydrogen-bond donors (Lipinski definition) is 2. The van der Waals surface area contributed by atoms with Gasteiger partial charge in [-0.15, -0.1) is 0 Å². The zero-order valence-corrected chi connectivity index (χ0v) is 16.3. The first-order chi connectivity index (χ1) is 13.9. The van der Waals surface area contributed by atoms with Crippen molar-refractivity contribution in [1.29, 1.82) is 0 Å². The van der Waals surface area contributed by atoms with Gasteiger partial charge < -0.3 is 10.6 Å². The van der Waals surface area contributed by atoms with Gasteiger partial charge in [0.2, 0.25) is 0 Å². The fourth-order valence-electron chi connectivity index (χ4n) is 4.83. The summed E-state index contributed by atoms with van der Waals surface area (Å²) in [6.45, 7) is 2.15. The minimum absolute atomic E-state index is 0.433. The van der Waals surface area contributed by atoms with Gasteiger partial charge in [0, 0.05) is 12.1 Å². The highest BCUT2D eigenvalue weighted by Crippen LogP contribution is 2.28. The van der Waals surface area contributed by atoms with Crippen LogP contribution in [0, 0.1) is 0 Å². The van der Waals surface area contributed by atoms with Crippen LogP contribution in [-0.4, -0.2) is 13.1 Å². The van der Waals surface area contributed by atoms with Crippen LogP contribution in [-0.2, 0) is 25.7 Å². The van der Waals surface area contributed by atoms with Gasteiger partial charge in [0.05, 0.1) is 0 Å². The van der Waals surface area contributed by atoms with E-state index in [9.17, 15) is 0 Å². The third-order valence-electron chi connectivity index (χ3n) is 6.33. The predicted molar refractivity (Wildman–Crippen MR) is 116 cm³/mol. The van der Waals surface area contributed by atoms with Crippen molar-refractivity contribution >= 4 is 0 Å². The van der Waals surface area contributed by atoms with Crippen LogP contribution in [0.4, 0.5) is 0 Å². The summed E-state index contributed by atoms with van der Waals surface area (Å²) in [7, 11) is 0. The Kier molecular flexibility index (Phi) is 4.99. The maximum atomic E-state index is 3.71. The Hall–Kier alpha value is -2.42. The Labute approximate surface area is 168 Å². The molecule has 2 aliphatic heterocycles. The molecule has 3 aromatic rings. The smallest absolute Gasteiger partial charge is 0.0363 e. The molecule has 142 valence electrons. The first kappa shape index (κ1) is 17.7. The van der Waals surface area contributed by atoms with Gasteiger partial charge in [0.15, 0.2) is 0 Å². The van der Waals surface area contributed by atoms with Crippen LogP contribution in [0.3, 0.4) is 0 Å². The maximum Gasteiger partial charge on any atom is 0.0363 e. The molecule has 3 aromatic carbocycles. The normalized spacial score (nSPS) is 21.0. The molecule has 5 rings (SSSR count). The van der Waals surface area contributed by atoms with Crippen LogP contribution in [0.2, 0.25) is 0 Å². The van der Waals surface area contributed by atoms with E-state index in [4.69, 9.17) is 0 Å². The highest BCUT2D eigenvalue weighted by atomic mass is 14.9. The Balaban J connectivity index is 1.29. The highest BCUT2D eigenvalue weighted by Gasteiger charge is 2.21. The fraction of sp³-hybridized carbons (Fsp3) is 0.308. The first-order valence-corrected chi connectivity index (χ1v) is 10.6. The second-order valence-corrected chi connectivity index (χ2v) is 8.14. The second kappa shape index (κ2) is 7.90. The summed E-state index contributed by atoms with van der Waals surface area (Å²) in [5, 5.41) is 7.41. The van der Waals surface area contributed by atoms with E-state index in [0.29, 0.717) is 12.1 Å². The molecule has 0 fully saturated rings. The first-order valence-electron chi connectivity index (χ1n) is 10.6. The Morgan fingerprint density at radius 1 is 0.571 bits per heavy atom. The van der Waals surface area contributed by atoms with Crippen LogP contribution < -0.4 is 10.6 Å². The minimum Gasteiger partial charge on any atom is -0.309 e. The van der Waals surface area contributed by atoms with E-state index in [0.717, 1.165) is 38.8 Å². The standard InChI is InChI=1S/C26H28N2/c1-3-7-23-21(5-1)13-15-27-25(23)17-19-9-11-20(12-10-19)18-26-24-8-4-2-6-22(24)14-16-28-26/h1-12,25-28H,13-18H2. The van der Waals surface area contributed by atoms with E-state index < -0.39 is 0 Å². The van der Waals surface area contributed by atoms with Gasteiger partial charge >= 0.3 is 0 Å². The summed E-state index contributed by atoms with van der Waals surface area (Å²) in [5.74, 6) is 0. The molecular weight excluding hydrogens is 340 g/mol. The number of hydrogen-bond acceptors (Lipinski definition) is 2. The van der Waals surface area contributed by atoms with Gasteiger partial charge in [-0.25, -0.2) is 0 Å². The van der Waals surface area contributed by atoms with Crippen LogP contribution in [0.5, 0.6) is 0 Å². The van der Waals surface area contributed by atoms with Crippen LogP contribution in [0.15, 0.2) is 72.8 Å². The minimum atomic E-state index is 0.433. The fourth-order valence-corrected chi connectivity index (χ4v) is 4.83. The quantitative estimate of drug-likeness (QED) is 0.706. The van der Waals surface area contributed by atoms with Crippen LogP contribution >= 0.6 is 0 Å². The summed E-state index contributed by atoms with van der Waals surface area (Å²) >= 11 is 0. The highest BCUT2D eigenvalue weighted by molar-refractivity contribution is 5.36. The molecule has 0 aliphatic carbocycles. The molecule has 0 saturated carbocycles. The lowest BCUT2D eigenvalue weighted by Gasteiger charge is -2.28. The summed E-state index contributed by atoms with van der Waals surface area (Å²) in [5.41, 5.74) is 8.78. The predicted octanol–water partition coefficient (Wildman–Crippen LogP) is 4.55. The van der Waals surface area contributed by atoms with Crippen molar-refractivity contribution in [3.8, 4) is 0 Å². The molecule has 2 heteroatoms. The lowest BCUT2D eigenvalue weighted by atomic mass is 9.89. The zero-order chi connectivity index (χ0) is 18.8. The molecule has 2 heterocycles. The molecule has 0 spiro atoms. The molecule has 28 heavy (non-hydrogen) atoms. The van der Waals surface area contributed by atoms with Gasteiger partial charge in [0.25, 0.3) is 0 Å². The van der Waals surface area contributed by atoms with Crippen molar-refractivity contribution in [3.63, 3.8) is 0 Å². The van der Waals surface area contributed by atoms with E-state index >= 15 is 0 Å². The van der Waals surface area contributed by atoms with Gasteiger partial charge in [-0.1, -0.05) is 72.8 Å². The molecule has 2 nitrogen and oxygen atoms in total. The SMILES string of the molecule is c1ccc2c(c1)CCNC2Cc1ccc(CC2NCCc3ccccc32)cc1. The third kappa shape index (κ3) is 3.63. The molecule has 2 N–H and O–H groups in total. The van der Waals surface area contributed by atoms with Gasteiger partial charge in [-0.05, 0) is 72.2 Å².